The zero-order valence-corrected chi connectivity index (χ0v) is 15.3. The molecule has 1 aliphatic rings. The number of ether oxygens (including phenoxy) is 2. The summed E-state index contributed by atoms with van der Waals surface area (Å²) in [6.07, 6.45) is 3.15. The van der Waals surface area contributed by atoms with Crippen molar-refractivity contribution in [2.24, 2.45) is 0 Å². The molecule has 1 rings (SSSR count). The van der Waals surface area contributed by atoms with Crippen LogP contribution in [0.1, 0.15) is 71.6 Å². The van der Waals surface area contributed by atoms with Crippen LogP contribution in [0, 0.1) is 0 Å². The molecule has 6 atom stereocenters. The van der Waals surface area contributed by atoms with Gasteiger partial charge in [0.2, 0.25) is 0 Å². The number of aliphatic carboxylic acids is 1. The van der Waals surface area contributed by atoms with Crippen molar-refractivity contribution in [3.05, 3.63) is 0 Å². The fraction of sp³-hybridized carbons (Fsp3) is 0.944. The van der Waals surface area contributed by atoms with Crippen molar-refractivity contribution in [3.63, 3.8) is 0 Å². The van der Waals surface area contributed by atoms with E-state index >= 15 is 0 Å². The Morgan fingerprint density at radius 1 is 1.12 bits per heavy atom. The van der Waals surface area contributed by atoms with Gasteiger partial charge in [0.1, 0.15) is 6.10 Å². The Labute approximate surface area is 150 Å². The van der Waals surface area contributed by atoms with E-state index in [1.54, 1.807) is 6.92 Å². The fourth-order valence-corrected chi connectivity index (χ4v) is 3.01. The summed E-state index contributed by atoms with van der Waals surface area (Å²) in [7, 11) is 0. The molecule has 1 fully saturated rings. The van der Waals surface area contributed by atoms with Gasteiger partial charge in [0.15, 0.2) is 6.29 Å². The smallest absolute Gasteiger partial charge is 0.305 e. The SMILES string of the molecule is CC(CCCCCCCC(O)CC(=O)O)OC1OC(C)C(O)CC1O. The summed E-state index contributed by atoms with van der Waals surface area (Å²) in [5, 5.41) is 37.6. The van der Waals surface area contributed by atoms with Crippen LogP contribution in [0.25, 0.3) is 0 Å². The molecular formula is C18H34O7. The first-order valence-electron chi connectivity index (χ1n) is 9.36. The minimum atomic E-state index is -0.961. The molecule has 0 amide bonds. The minimum Gasteiger partial charge on any atom is -0.481 e. The molecule has 0 aliphatic carbocycles. The summed E-state index contributed by atoms with van der Waals surface area (Å²) < 4.78 is 11.2. The number of carbonyl (C=O) groups is 1. The van der Waals surface area contributed by atoms with E-state index in [2.05, 4.69) is 0 Å². The van der Waals surface area contributed by atoms with Crippen LogP contribution < -0.4 is 0 Å². The van der Waals surface area contributed by atoms with Gasteiger partial charge in [0, 0.05) is 6.42 Å². The number of hydrogen-bond acceptors (Lipinski definition) is 6. The third-order valence-corrected chi connectivity index (χ3v) is 4.61. The highest BCUT2D eigenvalue weighted by atomic mass is 16.7. The molecule has 1 saturated heterocycles. The van der Waals surface area contributed by atoms with Gasteiger partial charge in [-0.2, -0.15) is 0 Å². The second kappa shape index (κ2) is 11.8. The van der Waals surface area contributed by atoms with E-state index in [0.29, 0.717) is 6.42 Å². The molecule has 0 radical (unpaired) electrons. The van der Waals surface area contributed by atoms with Crippen molar-refractivity contribution in [1.29, 1.82) is 0 Å². The van der Waals surface area contributed by atoms with Crippen LogP contribution in [-0.4, -0.2) is 63.2 Å². The van der Waals surface area contributed by atoms with E-state index in [1.165, 1.54) is 0 Å². The Hall–Kier alpha value is -0.730. The number of carboxylic acids is 1. The lowest BCUT2D eigenvalue weighted by molar-refractivity contribution is -0.273. The van der Waals surface area contributed by atoms with E-state index in [9.17, 15) is 20.1 Å². The molecule has 25 heavy (non-hydrogen) atoms. The fourth-order valence-electron chi connectivity index (χ4n) is 3.01. The van der Waals surface area contributed by atoms with Crippen molar-refractivity contribution >= 4 is 5.97 Å². The van der Waals surface area contributed by atoms with Crippen LogP contribution in [0.15, 0.2) is 0 Å². The minimum absolute atomic E-state index is 0.0283. The predicted molar refractivity (Wildman–Crippen MR) is 92.1 cm³/mol. The van der Waals surface area contributed by atoms with Gasteiger partial charge in [0.25, 0.3) is 0 Å². The van der Waals surface area contributed by atoms with Gasteiger partial charge in [-0.15, -0.1) is 0 Å². The molecule has 0 aromatic carbocycles. The Balaban J connectivity index is 2.03. The third-order valence-electron chi connectivity index (χ3n) is 4.61. The highest BCUT2D eigenvalue weighted by molar-refractivity contribution is 5.67. The van der Waals surface area contributed by atoms with Crippen molar-refractivity contribution in [2.45, 2.75) is 108 Å². The summed E-state index contributed by atoms with van der Waals surface area (Å²) in [6, 6.07) is 0. The van der Waals surface area contributed by atoms with E-state index in [0.717, 1.165) is 38.5 Å². The van der Waals surface area contributed by atoms with E-state index in [4.69, 9.17) is 14.6 Å². The molecule has 6 unspecified atom stereocenters. The monoisotopic (exact) mass is 362 g/mol. The lowest BCUT2D eigenvalue weighted by atomic mass is 10.0. The van der Waals surface area contributed by atoms with Gasteiger partial charge >= 0.3 is 5.97 Å². The van der Waals surface area contributed by atoms with Gasteiger partial charge in [-0.3, -0.25) is 4.79 Å². The number of hydrogen-bond donors (Lipinski definition) is 4. The summed E-state index contributed by atoms with van der Waals surface area (Å²) in [5.41, 5.74) is 0. The maximum absolute atomic E-state index is 10.4. The molecule has 0 aromatic rings. The first kappa shape index (κ1) is 22.3. The normalized spacial score (nSPS) is 29.3. The third kappa shape index (κ3) is 9.51. The Bertz CT molecular complexity index is 376. The first-order chi connectivity index (χ1) is 11.8. The molecule has 148 valence electrons. The van der Waals surface area contributed by atoms with Crippen molar-refractivity contribution in [1.82, 2.24) is 0 Å². The van der Waals surface area contributed by atoms with Gasteiger partial charge in [-0.1, -0.05) is 32.1 Å². The number of unbranched alkanes of at least 4 members (excludes halogenated alkanes) is 4. The first-order valence-corrected chi connectivity index (χ1v) is 9.36. The highest BCUT2D eigenvalue weighted by Gasteiger charge is 2.35. The molecule has 7 nitrogen and oxygen atoms in total. The zero-order valence-electron chi connectivity index (χ0n) is 15.3. The molecule has 4 N–H and O–H groups in total. The highest BCUT2D eigenvalue weighted by Crippen LogP contribution is 2.23. The van der Waals surface area contributed by atoms with Gasteiger partial charge in [0.05, 0.1) is 30.8 Å². The number of aliphatic hydroxyl groups is 3. The van der Waals surface area contributed by atoms with Gasteiger partial charge < -0.3 is 29.9 Å². The molecule has 7 heteroatoms. The zero-order chi connectivity index (χ0) is 18.8. The maximum atomic E-state index is 10.4. The van der Waals surface area contributed by atoms with Gasteiger partial charge in [-0.05, 0) is 26.7 Å². The quantitative estimate of drug-likeness (QED) is 0.391. The van der Waals surface area contributed by atoms with E-state index < -0.39 is 30.6 Å². The molecular weight excluding hydrogens is 328 g/mol. The average Bonchev–Trinajstić information content (AvgIpc) is 2.51. The summed E-state index contributed by atoms with van der Waals surface area (Å²) >= 11 is 0. The van der Waals surface area contributed by atoms with Gasteiger partial charge in [-0.25, -0.2) is 0 Å². The number of rotatable bonds is 12. The van der Waals surface area contributed by atoms with Crippen LogP contribution in [0.2, 0.25) is 0 Å². The maximum Gasteiger partial charge on any atom is 0.305 e. The second-order valence-corrected chi connectivity index (χ2v) is 7.12. The molecule has 1 aliphatic heterocycles. The van der Waals surface area contributed by atoms with Crippen LogP contribution in [-0.2, 0) is 14.3 Å². The van der Waals surface area contributed by atoms with E-state index in [1.807, 2.05) is 6.92 Å². The average molecular weight is 362 g/mol. The van der Waals surface area contributed by atoms with Crippen LogP contribution in [0.5, 0.6) is 0 Å². The van der Waals surface area contributed by atoms with Crippen molar-refractivity contribution < 1.29 is 34.7 Å². The van der Waals surface area contributed by atoms with Crippen LogP contribution in [0.4, 0.5) is 0 Å². The van der Waals surface area contributed by atoms with E-state index in [-0.39, 0.29) is 25.0 Å². The lowest BCUT2D eigenvalue weighted by Gasteiger charge is -2.36. The molecule has 0 saturated carbocycles. The topological polar surface area (TPSA) is 116 Å². The number of carboxylic acid groups (broad SMARTS) is 1. The second-order valence-electron chi connectivity index (χ2n) is 7.12. The molecule has 0 aromatic heterocycles. The van der Waals surface area contributed by atoms with Crippen LogP contribution in [0.3, 0.4) is 0 Å². The summed E-state index contributed by atoms with van der Waals surface area (Å²) in [4.78, 5) is 10.4. The standard InChI is InChI=1S/C18H34O7/c1-12(24-18-16(21)11-15(20)13(2)25-18)8-6-4-3-5-7-9-14(19)10-17(22)23/h12-16,18-21H,3-11H2,1-2H3,(H,22,23). The number of aliphatic hydroxyl groups excluding tert-OH is 3. The predicted octanol–water partition coefficient (Wildman–Crippen LogP) is 1.81. The van der Waals surface area contributed by atoms with Crippen molar-refractivity contribution in [3.8, 4) is 0 Å². The Kier molecular flexibility index (Phi) is 10.5. The Morgan fingerprint density at radius 3 is 2.36 bits per heavy atom. The van der Waals surface area contributed by atoms with Crippen molar-refractivity contribution in [2.75, 3.05) is 0 Å². The molecule has 0 bridgehead atoms. The summed E-state index contributed by atoms with van der Waals surface area (Å²) in [5.74, 6) is -0.961. The lowest BCUT2D eigenvalue weighted by Crippen LogP contribution is -2.48. The Morgan fingerprint density at radius 2 is 1.72 bits per heavy atom. The summed E-state index contributed by atoms with van der Waals surface area (Å²) in [6.45, 7) is 3.72. The largest absolute Gasteiger partial charge is 0.481 e. The molecule has 0 spiro atoms. The van der Waals surface area contributed by atoms with Crippen LogP contribution >= 0.6 is 0 Å². The molecule has 1 heterocycles.